The second-order valence-electron chi connectivity index (χ2n) is 22.8. The number of rotatable bonds is 6. The lowest BCUT2D eigenvalue weighted by Gasteiger charge is -2.31. The van der Waals surface area contributed by atoms with Gasteiger partial charge in [-0.3, -0.25) is 0 Å². The second kappa shape index (κ2) is 20.7. The normalized spacial score (nSPS) is 13.8. The van der Waals surface area contributed by atoms with Crippen LogP contribution in [0.4, 0.5) is 0 Å². The first kappa shape index (κ1) is 51.0. The van der Waals surface area contributed by atoms with Gasteiger partial charge in [-0.05, 0) is 147 Å². The maximum atomic E-state index is 6.84. The van der Waals surface area contributed by atoms with Crippen molar-refractivity contribution in [3.8, 4) is 113 Å². The molecule has 2 aliphatic carbocycles. The highest BCUT2D eigenvalue weighted by Gasteiger charge is 2.53. The first-order chi connectivity index (χ1) is 43.5. The number of aromatic nitrogens is 4. The summed E-state index contributed by atoms with van der Waals surface area (Å²) in [6.07, 6.45) is 4.18. The number of allylic oxidation sites excluding steroid dienone is 2. The number of fused-ring (bicyclic) bond motifs is 17. The van der Waals surface area contributed by atoms with E-state index in [1.165, 1.54) is 49.7 Å². The van der Waals surface area contributed by atoms with Gasteiger partial charge in [-0.1, -0.05) is 218 Å². The summed E-state index contributed by atoms with van der Waals surface area (Å²) in [5.41, 5.74) is 21.3. The summed E-state index contributed by atoms with van der Waals surface area (Å²) >= 11 is 0. The zero-order chi connectivity index (χ0) is 58.3. The van der Waals surface area contributed by atoms with Gasteiger partial charge in [-0.15, -0.1) is 0 Å². The number of aryl methyl sites for hydroxylation is 1. The molecule has 7 nitrogen and oxygen atoms in total. The molecule has 7 heteroatoms. The summed E-state index contributed by atoms with van der Waals surface area (Å²) in [4.78, 5) is 14.8. The molecule has 14 aromatic rings. The van der Waals surface area contributed by atoms with Crippen LogP contribution in [0.25, 0.3) is 106 Å². The van der Waals surface area contributed by atoms with E-state index < -0.39 is 5.41 Å². The molecule has 0 radical (unpaired) electrons. The number of hydrogen-bond acceptors (Lipinski definition) is 6. The molecule has 0 saturated heterocycles. The van der Waals surface area contributed by atoms with Crippen LogP contribution in [0.15, 0.2) is 291 Å². The van der Waals surface area contributed by atoms with E-state index in [1.54, 1.807) is 0 Å². The van der Waals surface area contributed by atoms with E-state index in [-0.39, 0.29) is 0 Å². The van der Waals surface area contributed by atoms with Crippen LogP contribution in [0.1, 0.15) is 41.2 Å². The summed E-state index contributed by atoms with van der Waals surface area (Å²) in [5.74, 6) is 6.97. The predicted octanol–water partition coefficient (Wildman–Crippen LogP) is 20.5. The summed E-state index contributed by atoms with van der Waals surface area (Å²) in [7, 11) is 0. The van der Waals surface area contributed by atoms with Crippen molar-refractivity contribution in [2.24, 2.45) is 0 Å². The van der Waals surface area contributed by atoms with Gasteiger partial charge in [0.2, 0.25) is 0 Å². The van der Waals surface area contributed by atoms with Crippen LogP contribution in [-0.4, -0.2) is 19.5 Å². The lowest BCUT2D eigenvalue weighted by Crippen LogP contribution is -2.26. The monoisotopic (exact) mass is 1130 g/mol. The predicted molar refractivity (Wildman–Crippen MR) is 353 cm³/mol. The molecule has 4 heterocycles. The van der Waals surface area contributed by atoms with Crippen LogP contribution in [-0.2, 0) is 11.8 Å². The first-order valence-electron chi connectivity index (χ1n) is 30.0. The van der Waals surface area contributed by atoms with Crippen molar-refractivity contribution in [2.45, 2.75) is 25.2 Å². The van der Waals surface area contributed by atoms with Crippen LogP contribution < -0.4 is 14.2 Å². The average molecular weight is 1130 g/mol. The van der Waals surface area contributed by atoms with Gasteiger partial charge in [0, 0.05) is 45.1 Å². The minimum absolute atomic E-state index is 0.565. The molecule has 0 N–H and O–H groups in total. The molecule has 2 aliphatic heterocycles. The van der Waals surface area contributed by atoms with Crippen LogP contribution in [0.3, 0.4) is 0 Å². The van der Waals surface area contributed by atoms with E-state index in [2.05, 4.69) is 187 Å². The van der Waals surface area contributed by atoms with E-state index >= 15 is 0 Å². The Labute approximate surface area is 509 Å². The molecule has 12 aromatic carbocycles. The standard InChI is InChI=1S/C70H42N4O2.C11H12O/c1-3-15-45(16-4-1)67-71-68(46-17-5-2-6-18-46)73-69(72-67)47-29-27-43(28-30-47)44-31-35-50(36-32-44)74-60-24-12-9-21-53(60)55-41-48(34-39-61(55)74)49-33-37-54-59(42-49)70(56-22-10-7-19-51(56)52-20-8-11-23-57(52)70)58-38-40-64-66(65(54)58)76-63-26-14-13-25-62(63)75-64;1-2-10-8-7-9-5-3-4-6-11(9)12-10/h1-42H;2-6H,7-8H2,1H3/b;10-2+. The largest absolute Gasteiger partial charge is 0.462 e. The Morgan fingerprint density at radius 2 is 0.875 bits per heavy atom. The fourth-order valence-corrected chi connectivity index (χ4v) is 13.8. The van der Waals surface area contributed by atoms with E-state index in [4.69, 9.17) is 29.2 Å². The molecule has 18 rings (SSSR count). The van der Waals surface area contributed by atoms with Gasteiger partial charge < -0.3 is 18.8 Å². The van der Waals surface area contributed by atoms with Gasteiger partial charge in [0.15, 0.2) is 40.5 Å². The first-order valence-corrected chi connectivity index (χ1v) is 30.0. The lowest BCUT2D eigenvalue weighted by molar-refractivity contribution is 0.360. The maximum Gasteiger partial charge on any atom is 0.178 e. The zero-order valence-electron chi connectivity index (χ0n) is 48.1. The van der Waals surface area contributed by atoms with Crippen molar-refractivity contribution in [2.75, 3.05) is 0 Å². The Morgan fingerprint density at radius 3 is 1.56 bits per heavy atom. The Morgan fingerprint density at radius 1 is 0.352 bits per heavy atom. The summed E-state index contributed by atoms with van der Waals surface area (Å²) in [6.45, 7) is 2.02. The highest BCUT2D eigenvalue weighted by atomic mass is 16.6. The molecular weight excluding hydrogens is 1080 g/mol. The van der Waals surface area contributed by atoms with E-state index in [0.717, 1.165) is 114 Å². The topological polar surface area (TPSA) is 71.3 Å². The number of hydrogen-bond donors (Lipinski definition) is 0. The van der Waals surface area contributed by atoms with Gasteiger partial charge in [0.05, 0.1) is 16.4 Å². The van der Waals surface area contributed by atoms with Crippen molar-refractivity contribution >= 4 is 21.8 Å². The molecule has 2 aromatic heterocycles. The summed E-state index contributed by atoms with van der Waals surface area (Å²) in [6, 6.07) is 98.7. The number of nitrogens with zero attached hydrogens (tertiary/aromatic N) is 4. The van der Waals surface area contributed by atoms with Crippen LogP contribution in [0.2, 0.25) is 0 Å². The van der Waals surface area contributed by atoms with Gasteiger partial charge in [0.1, 0.15) is 11.5 Å². The van der Waals surface area contributed by atoms with Crippen molar-refractivity contribution in [3.63, 3.8) is 0 Å². The SMILES string of the molecule is C/C=C1\CCc2ccccc2O1.c1ccc(-c2nc(-c3ccccc3)nc(-c3ccc(-c4ccc(-n5c6ccccc6c6cc(-c7ccc8c(c7)C7(c9ccccc9-c9ccccc97)c7ccc9c(c7-8)Oc7ccccc7O9)ccc65)cc4)cc3)n2)cc1. The lowest BCUT2D eigenvalue weighted by atomic mass is 9.70. The third-order valence-corrected chi connectivity index (χ3v) is 17.9. The highest BCUT2D eigenvalue weighted by molar-refractivity contribution is 6.11. The van der Waals surface area contributed by atoms with Gasteiger partial charge in [-0.25, -0.2) is 15.0 Å². The average Bonchev–Trinajstić information content (AvgIpc) is 1.52. The minimum atomic E-state index is -0.565. The van der Waals surface area contributed by atoms with E-state index in [1.807, 2.05) is 110 Å². The molecule has 0 amide bonds. The molecule has 0 bridgehead atoms. The van der Waals surface area contributed by atoms with Crippen molar-refractivity contribution in [1.29, 1.82) is 0 Å². The van der Waals surface area contributed by atoms with Crippen molar-refractivity contribution < 1.29 is 14.2 Å². The molecule has 88 heavy (non-hydrogen) atoms. The smallest absolute Gasteiger partial charge is 0.178 e. The molecule has 416 valence electrons. The zero-order valence-corrected chi connectivity index (χ0v) is 48.1. The number of benzene rings is 12. The van der Waals surface area contributed by atoms with E-state index in [9.17, 15) is 0 Å². The third-order valence-electron chi connectivity index (χ3n) is 17.9. The molecule has 0 saturated carbocycles. The summed E-state index contributed by atoms with van der Waals surface area (Å²) in [5, 5.41) is 2.40. The third kappa shape index (κ3) is 8.23. The molecule has 4 aliphatic rings. The minimum Gasteiger partial charge on any atom is -0.462 e. The molecule has 1 spiro atoms. The fraction of sp³-hybridized carbons (Fsp3) is 0.0494. The highest BCUT2D eigenvalue weighted by Crippen LogP contribution is 2.66. The van der Waals surface area contributed by atoms with Gasteiger partial charge >= 0.3 is 0 Å². The van der Waals surface area contributed by atoms with Crippen molar-refractivity contribution in [3.05, 3.63) is 319 Å². The molecule has 0 fully saturated rings. The van der Waals surface area contributed by atoms with Gasteiger partial charge in [0.25, 0.3) is 0 Å². The van der Waals surface area contributed by atoms with Crippen molar-refractivity contribution in [1.82, 2.24) is 19.5 Å². The quantitative estimate of drug-likeness (QED) is 0.165. The van der Waals surface area contributed by atoms with E-state index in [0.29, 0.717) is 17.5 Å². The second-order valence-corrected chi connectivity index (χ2v) is 22.8. The molecule has 0 atom stereocenters. The Bertz CT molecular complexity index is 5020. The number of ether oxygens (including phenoxy) is 3. The van der Waals surface area contributed by atoms with Crippen LogP contribution in [0.5, 0.6) is 28.7 Å². The van der Waals surface area contributed by atoms with Crippen LogP contribution in [0, 0.1) is 0 Å². The maximum absolute atomic E-state index is 6.84. The molecular formula is C81H54N4O3. The van der Waals surface area contributed by atoms with Gasteiger partial charge in [-0.2, -0.15) is 0 Å². The number of para-hydroxylation sites is 4. The van der Waals surface area contributed by atoms with Crippen LogP contribution >= 0.6 is 0 Å². The Hall–Kier alpha value is -11.4. The fourth-order valence-electron chi connectivity index (χ4n) is 13.8. The Balaban J connectivity index is 0.000000448. The Kier molecular flexibility index (Phi) is 12.0. The molecule has 0 unspecified atom stereocenters. The summed E-state index contributed by atoms with van der Waals surface area (Å²) < 4.78 is 21.4.